The fraction of sp³-hybridized carbons (Fsp3) is 0.682. The Morgan fingerprint density at radius 2 is 2.00 bits per heavy atom. The van der Waals surface area contributed by atoms with E-state index < -0.39 is 5.41 Å². The van der Waals surface area contributed by atoms with E-state index in [0.717, 1.165) is 57.7 Å². The first kappa shape index (κ1) is 20.3. The molecule has 5 nitrogen and oxygen atoms in total. The van der Waals surface area contributed by atoms with Crippen LogP contribution in [-0.2, 0) is 24.4 Å². The highest BCUT2D eigenvalue weighted by atomic mass is 16.5. The van der Waals surface area contributed by atoms with Crippen LogP contribution < -0.4 is 0 Å². The predicted molar refractivity (Wildman–Crippen MR) is 105 cm³/mol. The summed E-state index contributed by atoms with van der Waals surface area (Å²) in [7, 11) is 0. The summed E-state index contributed by atoms with van der Waals surface area (Å²) in [6.45, 7) is 7.26. The number of carbonyl (C=O) groups excluding carboxylic acids is 1. The molecule has 0 amide bonds. The molecule has 2 aliphatic rings. The topological polar surface area (TPSA) is 48.0 Å². The number of esters is 1. The zero-order valence-electron chi connectivity index (χ0n) is 16.5. The Morgan fingerprint density at radius 3 is 2.67 bits per heavy atom. The molecule has 1 unspecified atom stereocenters. The van der Waals surface area contributed by atoms with Gasteiger partial charge in [-0.2, -0.15) is 0 Å². The van der Waals surface area contributed by atoms with Crippen LogP contribution in [0.4, 0.5) is 0 Å². The van der Waals surface area contributed by atoms with Crippen molar-refractivity contribution in [1.82, 2.24) is 4.90 Å². The van der Waals surface area contributed by atoms with Crippen LogP contribution in [0.25, 0.3) is 0 Å². The largest absolute Gasteiger partial charge is 0.465 e. The molecule has 0 N–H and O–H groups in total. The number of hydrogen-bond donors (Lipinski definition) is 0. The molecule has 0 bridgehead atoms. The molecular formula is C22H33NO4. The first-order valence-electron chi connectivity index (χ1n) is 10.4. The van der Waals surface area contributed by atoms with E-state index in [4.69, 9.17) is 14.2 Å². The highest BCUT2D eigenvalue weighted by molar-refractivity contribution is 5.83. The zero-order valence-corrected chi connectivity index (χ0v) is 16.5. The minimum Gasteiger partial charge on any atom is -0.465 e. The summed E-state index contributed by atoms with van der Waals surface area (Å²) < 4.78 is 17.0. The Labute approximate surface area is 163 Å². The lowest BCUT2D eigenvalue weighted by Gasteiger charge is -2.40. The lowest BCUT2D eigenvalue weighted by molar-refractivity contribution is -0.152. The maximum atomic E-state index is 12.8. The van der Waals surface area contributed by atoms with Crippen molar-refractivity contribution in [2.75, 3.05) is 46.1 Å². The lowest BCUT2D eigenvalue weighted by atomic mass is 9.72. The molecule has 0 radical (unpaired) electrons. The van der Waals surface area contributed by atoms with Crippen molar-refractivity contribution in [3.8, 4) is 0 Å². The van der Waals surface area contributed by atoms with Gasteiger partial charge >= 0.3 is 5.97 Å². The van der Waals surface area contributed by atoms with E-state index in [1.165, 1.54) is 12.8 Å². The van der Waals surface area contributed by atoms with Gasteiger partial charge in [-0.15, -0.1) is 0 Å². The number of piperidine rings is 1. The van der Waals surface area contributed by atoms with Gasteiger partial charge in [0.2, 0.25) is 0 Å². The standard InChI is InChI=1S/C22H33NO4/c1-2-26-21(24)22(19-8-4-3-5-9-19)11-13-23(14-12-22)15-17-25-18-20-10-6-7-16-27-20/h3-5,8-9,20H,2,6-7,10-18H2,1H3. The minimum absolute atomic E-state index is 0.0819. The van der Waals surface area contributed by atoms with Crippen LogP contribution in [0.1, 0.15) is 44.6 Å². The molecule has 5 heteroatoms. The number of carbonyl (C=O) groups is 1. The van der Waals surface area contributed by atoms with Crippen molar-refractivity contribution in [2.45, 2.75) is 50.5 Å². The maximum Gasteiger partial charge on any atom is 0.316 e. The second kappa shape index (κ2) is 10.2. The third kappa shape index (κ3) is 5.31. The van der Waals surface area contributed by atoms with Gasteiger partial charge in [0.25, 0.3) is 0 Å². The molecule has 27 heavy (non-hydrogen) atoms. The van der Waals surface area contributed by atoms with Gasteiger partial charge in [-0.3, -0.25) is 4.79 Å². The van der Waals surface area contributed by atoms with Gasteiger partial charge in [-0.1, -0.05) is 30.3 Å². The van der Waals surface area contributed by atoms with E-state index in [1.807, 2.05) is 25.1 Å². The molecule has 2 aliphatic heterocycles. The number of hydrogen-bond acceptors (Lipinski definition) is 5. The molecular weight excluding hydrogens is 342 g/mol. The molecule has 2 saturated heterocycles. The van der Waals surface area contributed by atoms with E-state index in [9.17, 15) is 4.79 Å². The normalized spacial score (nSPS) is 23.1. The molecule has 0 saturated carbocycles. The molecule has 0 aromatic heterocycles. The second-order valence-corrected chi connectivity index (χ2v) is 7.57. The molecule has 1 atom stereocenters. The van der Waals surface area contributed by atoms with Crippen LogP contribution in [0.2, 0.25) is 0 Å². The average molecular weight is 376 g/mol. The van der Waals surface area contributed by atoms with E-state index in [-0.39, 0.29) is 12.1 Å². The molecule has 0 spiro atoms. The van der Waals surface area contributed by atoms with Gasteiger partial charge in [-0.05, 0) is 57.7 Å². The van der Waals surface area contributed by atoms with Crippen molar-refractivity contribution in [3.05, 3.63) is 35.9 Å². The molecule has 150 valence electrons. The van der Waals surface area contributed by atoms with Gasteiger partial charge in [0.1, 0.15) is 0 Å². The second-order valence-electron chi connectivity index (χ2n) is 7.57. The van der Waals surface area contributed by atoms with E-state index in [2.05, 4.69) is 17.0 Å². The molecule has 2 fully saturated rings. The fourth-order valence-electron chi connectivity index (χ4n) is 4.14. The van der Waals surface area contributed by atoms with Crippen LogP contribution in [0.5, 0.6) is 0 Å². The van der Waals surface area contributed by atoms with Gasteiger partial charge in [-0.25, -0.2) is 0 Å². The molecule has 2 heterocycles. The van der Waals surface area contributed by atoms with Crippen molar-refractivity contribution in [3.63, 3.8) is 0 Å². The Morgan fingerprint density at radius 1 is 1.22 bits per heavy atom. The molecule has 0 aliphatic carbocycles. The minimum atomic E-state index is -0.509. The van der Waals surface area contributed by atoms with Crippen LogP contribution in [0.3, 0.4) is 0 Å². The average Bonchev–Trinajstić information content (AvgIpc) is 2.73. The number of rotatable bonds is 8. The predicted octanol–water partition coefficient (Wildman–Crippen LogP) is 3.17. The molecule has 3 rings (SSSR count). The van der Waals surface area contributed by atoms with Gasteiger partial charge in [0.05, 0.1) is 31.3 Å². The highest BCUT2D eigenvalue weighted by Crippen LogP contribution is 2.36. The summed E-state index contributed by atoms with van der Waals surface area (Å²) in [6.07, 6.45) is 5.39. The summed E-state index contributed by atoms with van der Waals surface area (Å²) in [5.74, 6) is -0.0819. The molecule has 1 aromatic carbocycles. The summed E-state index contributed by atoms with van der Waals surface area (Å²) in [5.41, 5.74) is 0.568. The van der Waals surface area contributed by atoms with Crippen LogP contribution in [0.15, 0.2) is 30.3 Å². The number of nitrogens with zero attached hydrogens (tertiary/aromatic N) is 1. The Hall–Kier alpha value is -1.43. The SMILES string of the molecule is CCOC(=O)C1(c2ccccc2)CCN(CCOCC2CCCCO2)CC1. The summed E-state index contributed by atoms with van der Waals surface area (Å²) in [6, 6.07) is 10.1. The van der Waals surface area contributed by atoms with Gasteiger partial charge < -0.3 is 19.1 Å². The first-order chi connectivity index (χ1) is 13.2. The highest BCUT2D eigenvalue weighted by Gasteiger charge is 2.44. The summed E-state index contributed by atoms with van der Waals surface area (Å²) in [4.78, 5) is 15.2. The Kier molecular flexibility index (Phi) is 7.68. The number of likely N-dealkylation sites (tertiary alicyclic amines) is 1. The van der Waals surface area contributed by atoms with E-state index in [1.54, 1.807) is 0 Å². The van der Waals surface area contributed by atoms with Gasteiger partial charge in [0.15, 0.2) is 0 Å². The van der Waals surface area contributed by atoms with Crippen LogP contribution >= 0.6 is 0 Å². The fourth-order valence-corrected chi connectivity index (χ4v) is 4.14. The lowest BCUT2D eigenvalue weighted by Crippen LogP contribution is -2.48. The zero-order chi connectivity index (χ0) is 19.0. The van der Waals surface area contributed by atoms with Crippen LogP contribution in [-0.4, -0.2) is 63.0 Å². The quantitative estimate of drug-likeness (QED) is 0.516. The maximum absolute atomic E-state index is 12.8. The van der Waals surface area contributed by atoms with Gasteiger partial charge in [0, 0.05) is 13.2 Å². The van der Waals surface area contributed by atoms with Crippen molar-refractivity contribution in [1.29, 1.82) is 0 Å². The first-order valence-corrected chi connectivity index (χ1v) is 10.4. The summed E-state index contributed by atoms with van der Waals surface area (Å²) >= 11 is 0. The summed E-state index contributed by atoms with van der Waals surface area (Å²) in [5, 5.41) is 0. The van der Waals surface area contributed by atoms with Crippen LogP contribution in [0, 0.1) is 0 Å². The third-order valence-corrected chi connectivity index (χ3v) is 5.83. The van der Waals surface area contributed by atoms with E-state index in [0.29, 0.717) is 13.2 Å². The monoisotopic (exact) mass is 375 g/mol. The van der Waals surface area contributed by atoms with Crippen molar-refractivity contribution < 1.29 is 19.0 Å². The van der Waals surface area contributed by atoms with E-state index >= 15 is 0 Å². The molecule has 1 aromatic rings. The number of ether oxygens (including phenoxy) is 3. The third-order valence-electron chi connectivity index (χ3n) is 5.83. The number of benzene rings is 1. The van der Waals surface area contributed by atoms with Crippen molar-refractivity contribution >= 4 is 5.97 Å². The Bertz CT molecular complexity index is 563. The smallest absolute Gasteiger partial charge is 0.316 e. The Balaban J connectivity index is 1.48. The van der Waals surface area contributed by atoms with Crippen molar-refractivity contribution in [2.24, 2.45) is 0 Å².